The zero-order chi connectivity index (χ0) is 21.2. The topological polar surface area (TPSA) is 96.5 Å². The number of methoxy groups -OCH3 is 1. The summed E-state index contributed by atoms with van der Waals surface area (Å²) in [6.07, 6.45) is 2.23. The number of benzene rings is 2. The fourth-order valence-electron chi connectivity index (χ4n) is 2.41. The molecule has 0 saturated heterocycles. The van der Waals surface area contributed by atoms with Gasteiger partial charge in [0.05, 0.1) is 12.7 Å². The number of thioether (sulfide) groups is 1. The summed E-state index contributed by atoms with van der Waals surface area (Å²) >= 11 is 1.51. The fourth-order valence-corrected chi connectivity index (χ4v) is 2.88. The van der Waals surface area contributed by atoms with Crippen LogP contribution in [0, 0.1) is 5.82 Å². The van der Waals surface area contributed by atoms with E-state index in [1.165, 1.54) is 37.1 Å². The van der Waals surface area contributed by atoms with Gasteiger partial charge < -0.3 is 10.1 Å². The first-order valence-corrected chi connectivity index (χ1v) is 10.1. The molecule has 1 atom stereocenters. The second-order valence-corrected chi connectivity index (χ2v) is 6.94. The van der Waals surface area contributed by atoms with Crippen LogP contribution in [0.15, 0.2) is 48.5 Å². The Bertz CT molecular complexity index is 861. The second-order valence-electron chi connectivity index (χ2n) is 5.96. The molecular weight excluding hydrogens is 397 g/mol. The van der Waals surface area contributed by atoms with E-state index in [4.69, 9.17) is 4.74 Å². The van der Waals surface area contributed by atoms with Gasteiger partial charge >= 0.3 is 0 Å². The van der Waals surface area contributed by atoms with Gasteiger partial charge in [0.25, 0.3) is 17.7 Å². The molecule has 0 bridgehead atoms. The molecular formula is C20H22FN3O4S. The molecule has 3 N–H and O–H groups in total. The van der Waals surface area contributed by atoms with Crippen LogP contribution in [-0.2, 0) is 4.79 Å². The minimum Gasteiger partial charge on any atom is -0.497 e. The highest BCUT2D eigenvalue weighted by Crippen LogP contribution is 2.12. The number of hydrogen-bond donors (Lipinski definition) is 3. The van der Waals surface area contributed by atoms with Crippen molar-refractivity contribution < 1.29 is 23.5 Å². The van der Waals surface area contributed by atoms with Gasteiger partial charge in [0.2, 0.25) is 0 Å². The lowest BCUT2D eigenvalue weighted by atomic mass is 10.1. The van der Waals surface area contributed by atoms with E-state index in [1.807, 2.05) is 6.26 Å². The smallest absolute Gasteiger partial charge is 0.272 e. The first-order chi connectivity index (χ1) is 14.0. The monoisotopic (exact) mass is 419 g/mol. The van der Waals surface area contributed by atoms with Crippen LogP contribution in [0.3, 0.4) is 0 Å². The van der Waals surface area contributed by atoms with E-state index in [-0.39, 0.29) is 5.56 Å². The van der Waals surface area contributed by atoms with E-state index >= 15 is 0 Å². The van der Waals surface area contributed by atoms with Crippen molar-refractivity contribution in [3.05, 3.63) is 65.5 Å². The molecule has 0 radical (unpaired) electrons. The molecule has 0 unspecified atom stereocenters. The lowest BCUT2D eigenvalue weighted by Gasteiger charge is -2.18. The minimum atomic E-state index is -0.877. The van der Waals surface area contributed by atoms with E-state index < -0.39 is 29.6 Å². The van der Waals surface area contributed by atoms with Crippen LogP contribution >= 0.6 is 11.8 Å². The average Bonchev–Trinajstić information content (AvgIpc) is 2.74. The van der Waals surface area contributed by atoms with Gasteiger partial charge in [0.1, 0.15) is 17.6 Å². The van der Waals surface area contributed by atoms with Crippen LogP contribution in [0.4, 0.5) is 4.39 Å². The standard InChI is InChI=1S/C20H22FN3O4S/c1-28-14-9-7-13(8-10-14)18(25)22-17(11-12-29-2)20(27)24-23-19(26)15-5-3-4-6-16(15)21/h3-10,17H,11-12H2,1-2H3,(H,22,25)(H,23,26)(H,24,27)/t17-/m0/s1. The average molecular weight is 419 g/mol. The Kier molecular flexibility index (Phi) is 8.47. The summed E-state index contributed by atoms with van der Waals surface area (Å²) in [5, 5.41) is 2.65. The Morgan fingerprint density at radius 1 is 1.03 bits per heavy atom. The third-order valence-electron chi connectivity index (χ3n) is 4.00. The molecule has 0 heterocycles. The van der Waals surface area contributed by atoms with Crippen molar-refractivity contribution in [1.82, 2.24) is 16.2 Å². The number of amides is 3. The van der Waals surface area contributed by atoms with Crippen LogP contribution in [0.25, 0.3) is 0 Å². The molecule has 29 heavy (non-hydrogen) atoms. The van der Waals surface area contributed by atoms with Gasteiger partial charge in [-0.25, -0.2) is 4.39 Å². The van der Waals surface area contributed by atoms with E-state index in [2.05, 4.69) is 16.2 Å². The summed E-state index contributed by atoms with van der Waals surface area (Å²) in [5.41, 5.74) is 4.58. The molecule has 9 heteroatoms. The Morgan fingerprint density at radius 3 is 2.34 bits per heavy atom. The molecule has 0 aliphatic carbocycles. The largest absolute Gasteiger partial charge is 0.497 e. The van der Waals surface area contributed by atoms with Crippen molar-refractivity contribution >= 4 is 29.5 Å². The predicted molar refractivity (Wildman–Crippen MR) is 109 cm³/mol. The number of ether oxygens (including phenoxy) is 1. The van der Waals surface area contributed by atoms with Crippen LogP contribution in [-0.4, -0.2) is 42.9 Å². The highest BCUT2D eigenvalue weighted by Gasteiger charge is 2.22. The number of hydrogen-bond acceptors (Lipinski definition) is 5. The first-order valence-electron chi connectivity index (χ1n) is 8.74. The van der Waals surface area contributed by atoms with Crippen molar-refractivity contribution in [3.63, 3.8) is 0 Å². The second kappa shape index (κ2) is 11.1. The maximum Gasteiger partial charge on any atom is 0.272 e. The molecule has 2 aromatic carbocycles. The molecule has 0 aliphatic heterocycles. The molecule has 2 aromatic rings. The normalized spacial score (nSPS) is 11.3. The van der Waals surface area contributed by atoms with E-state index in [0.29, 0.717) is 23.5 Å². The Balaban J connectivity index is 2.00. The number of nitrogens with one attached hydrogen (secondary N) is 3. The summed E-state index contributed by atoms with van der Waals surface area (Å²) in [4.78, 5) is 37.0. The Hall–Kier alpha value is -3.07. The Labute approximate surface area is 172 Å². The number of halogens is 1. The zero-order valence-electron chi connectivity index (χ0n) is 16.0. The summed E-state index contributed by atoms with van der Waals surface area (Å²) in [6, 6.07) is 11.0. The van der Waals surface area contributed by atoms with E-state index in [0.717, 1.165) is 6.07 Å². The summed E-state index contributed by atoms with van der Waals surface area (Å²) in [7, 11) is 1.52. The first kappa shape index (κ1) is 22.2. The van der Waals surface area contributed by atoms with Crippen LogP contribution in [0.1, 0.15) is 27.1 Å². The van der Waals surface area contributed by atoms with Gasteiger partial charge in [-0.2, -0.15) is 11.8 Å². The van der Waals surface area contributed by atoms with Gasteiger partial charge in [-0.05, 0) is 54.8 Å². The summed E-state index contributed by atoms with van der Waals surface area (Å²) < 4.78 is 18.7. The zero-order valence-corrected chi connectivity index (χ0v) is 16.8. The summed E-state index contributed by atoms with van der Waals surface area (Å²) in [6.45, 7) is 0. The third kappa shape index (κ3) is 6.49. The van der Waals surface area contributed by atoms with Crippen LogP contribution < -0.4 is 20.9 Å². The molecule has 3 amide bonds. The van der Waals surface area contributed by atoms with Crippen molar-refractivity contribution in [2.45, 2.75) is 12.5 Å². The van der Waals surface area contributed by atoms with Crippen molar-refractivity contribution in [1.29, 1.82) is 0 Å². The predicted octanol–water partition coefficient (Wildman–Crippen LogP) is 2.15. The van der Waals surface area contributed by atoms with Crippen molar-refractivity contribution in [3.8, 4) is 5.75 Å². The van der Waals surface area contributed by atoms with Crippen molar-refractivity contribution in [2.24, 2.45) is 0 Å². The van der Waals surface area contributed by atoms with Crippen molar-refractivity contribution in [2.75, 3.05) is 19.1 Å². The molecule has 0 aromatic heterocycles. The molecule has 0 fully saturated rings. The van der Waals surface area contributed by atoms with Gasteiger partial charge in [-0.1, -0.05) is 12.1 Å². The Morgan fingerprint density at radius 2 is 1.72 bits per heavy atom. The van der Waals surface area contributed by atoms with Gasteiger partial charge in [-0.3, -0.25) is 25.2 Å². The lowest BCUT2D eigenvalue weighted by molar-refractivity contribution is -0.123. The van der Waals surface area contributed by atoms with E-state index in [9.17, 15) is 18.8 Å². The maximum atomic E-state index is 13.7. The SMILES string of the molecule is COc1ccc(C(=O)N[C@@H](CCSC)C(=O)NNC(=O)c2ccccc2F)cc1. The van der Waals surface area contributed by atoms with Crippen LogP contribution in [0.5, 0.6) is 5.75 Å². The molecule has 2 rings (SSSR count). The van der Waals surface area contributed by atoms with Crippen LogP contribution in [0.2, 0.25) is 0 Å². The number of rotatable bonds is 8. The number of hydrazine groups is 1. The molecule has 154 valence electrons. The highest BCUT2D eigenvalue weighted by atomic mass is 32.2. The fraction of sp³-hybridized carbons (Fsp3) is 0.250. The summed E-state index contributed by atoms with van der Waals surface area (Å²) in [5.74, 6) is -1.32. The highest BCUT2D eigenvalue weighted by molar-refractivity contribution is 7.98. The maximum absolute atomic E-state index is 13.7. The third-order valence-corrected chi connectivity index (χ3v) is 4.65. The molecule has 0 spiro atoms. The van der Waals surface area contributed by atoms with Gasteiger partial charge in [0, 0.05) is 5.56 Å². The van der Waals surface area contributed by atoms with Gasteiger partial charge in [-0.15, -0.1) is 0 Å². The molecule has 0 aliphatic rings. The van der Waals surface area contributed by atoms with Gasteiger partial charge in [0.15, 0.2) is 0 Å². The minimum absolute atomic E-state index is 0.198. The molecule has 0 saturated carbocycles. The molecule has 7 nitrogen and oxygen atoms in total. The lowest BCUT2D eigenvalue weighted by Crippen LogP contribution is -2.52. The number of carbonyl (C=O) groups excluding carboxylic acids is 3. The van der Waals surface area contributed by atoms with E-state index in [1.54, 1.807) is 24.3 Å². The quantitative estimate of drug-likeness (QED) is 0.570. The number of carbonyl (C=O) groups is 3.